The molecule has 0 unspecified atom stereocenters. The fraction of sp³-hybridized carbons (Fsp3) is 0.259. The highest BCUT2D eigenvalue weighted by molar-refractivity contribution is 7.92. The van der Waals surface area contributed by atoms with Crippen LogP contribution in [0.5, 0.6) is 5.75 Å². The van der Waals surface area contributed by atoms with Crippen molar-refractivity contribution < 1.29 is 22.7 Å². The van der Waals surface area contributed by atoms with Crippen LogP contribution < -0.4 is 19.7 Å². The predicted octanol–water partition coefficient (Wildman–Crippen LogP) is 3.85. The van der Waals surface area contributed by atoms with Crippen LogP contribution in [0.25, 0.3) is 0 Å². The minimum absolute atomic E-state index is 0.0894. The Bertz CT molecular complexity index is 1260. The van der Waals surface area contributed by atoms with Gasteiger partial charge >= 0.3 is 0 Å². The zero-order chi connectivity index (χ0) is 26.0. The molecule has 2 N–H and O–H groups in total. The number of anilines is 2. The van der Waals surface area contributed by atoms with Crippen LogP contribution in [0.1, 0.15) is 28.8 Å². The lowest BCUT2D eigenvalue weighted by Crippen LogP contribution is -2.31. The summed E-state index contributed by atoms with van der Waals surface area (Å²) >= 11 is 0. The van der Waals surface area contributed by atoms with Crippen LogP contribution in [-0.4, -0.2) is 46.7 Å². The third kappa shape index (κ3) is 7.84. The first-order valence-corrected chi connectivity index (χ1v) is 13.5. The third-order valence-corrected chi connectivity index (χ3v) is 6.71. The number of benzene rings is 3. The second-order valence-electron chi connectivity index (χ2n) is 8.22. The molecule has 0 fully saturated rings. The molecule has 0 aromatic heterocycles. The molecule has 0 bridgehead atoms. The lowest BCUT2D eigenvalue weighted by Gasteiger charge is -2.22. The van der Waals surface area contributed by atoms with Crippen molar-refractivity contribution in [3.05, 3.63) is 90.0 Å². The van der Waals surface area contributed by atoms with Crippen LogP contribution >= 0.6 is 0 Å². The summed E-state index contributed by atoms with van der Waals surface area (Å²) in [4.78, 5) is 25.3. The summed E-state index contributed by atoms with van der Waals surface area (Å²) in [6.07, 6.45) is 2.22. The Labute approximate surface area is 212 Å². The average molecular weight is 510 g/mol. The number of carbonyl (C=O) groups excluding carboxylic acids is 2. The molecule has 0 saturated heterocycles. The lowest BCUT2D eigenvalue weighted by atomic mass is 10.1. The lowest BCUT2D eigenvalue weighted by molar-refractivity contribution is -0.116. The third-order valence-electron chi connectivity index (χ3n) is 5.51. The monoisotopic (exact) mass is 509 g/mol. The summed E-state index contributed by atoms with van der Waals surface area (Å²) in [5.74, 6) is 0.0432. The van der Waals surface area contributed by atoms with Gasteiger partial charge in [0.05, 0.1) is 30.3 Å². The van der Waals surface area contributed by atoms with Gasteiger partial charge in [0.1, 0.15) is 5.75 Å². The molecule has 190 valence electrons. The van der Waals surface area contributed by atoms with Crippen molar-refractivity contribution in [1.82, 2.24) is 5.32 Å². The molecule has 8 nitrogen and oxygen atoms in total. The fourth-order valence-electron chi connectivity index (χ4n) is 3.68. The Morgan fingerprint density at radius 2 is 1.58 bits per heavy atom. The highest BCUT2D eigenvalue weighted by atomic mass is 32.2. The molecule has 0 aliphatic carbocycles. The van der Waals surface area contributed by atoms with Crippen LogP contribution in [0.15, 0.2) is 78.9 Å². The minimum atomic E-state index is -3.53. The molecule has 0 spiro atoms. The van der Waals surface area contributed by atoms with Gasteiger partial charge in [-0.1, -0.05) is 42.5 Å². The van der Waals surface area contributed by atoms with Crippen molar-refractivity contribution in [3.8, 4) is 5.75 Å². The van der Waals surface area contributed by atoms with E-state index in [0.29, 0.717) is 42.1 Å². The normalized spacial score (nSPS) is 10.9. The maximum Gasteiger partial charge on any atom is 0.253 e. The zero-order valence-electron chi connectivity index (χ0n) is 20.4. The smallest absolute Gasteiger partial charge is 0.253 e. The van der Waals surface area contributed by atoms with E-state index in [2.05, 4.69) is 10.6 Å². The molecular formula is C27H31N3O5S. The molecule has 0 aliphatic rings. The number of rotatable bonds is 12. The van der Waals surface area contributed by atoms with Gasteiger partial charge < -0.3 is 15.4 Å². The Kier molecular flexibility index (Phi) is 9.46. The Morgan fingerprint density at radius 1 is 0.917 bits per heavy atom. The Hall–Kier alpha value is -3.85. The molecule has 0 aliphatic heterocycles. The number of ether oxygens (including phenoxy) is 1. The number of nitrogens with zero attached hydrogens (tertiary/aromatic N) is 1. The topological polar surface area (TPSA) is 105 Å². The fourth-order valence-corrected chi connectivity index (χ4v) is 4.65. The second kappa shape index (κ2) is 12.7. The molecule has 36 heavy (non-hydrogen) atoms. The van der Waals surface area contributed by atoms with E-state index in [1.54, 1.807) is 48.5 Å². The molecule has 3 rings (SSSR count). The molecule has 9 heteroatoms. The number of methoxy groups -OCH3 is 1. The van der Waals surface area contributed by atoms with Gasteiger partial charge in [0.15, 0.2) is 0 Å². The number of sulfonamides is 1. The molecule has 3 aromatic rings. The number of nitrogens with one attached hydrogen (secondary N) is 2. The molecule has 0 saturated carbocycles. The highest BCUT2D eigenvalue weighted by Crippen LogP contribution is 2.22. The molecule has 3 aromatic carbocycles. The average Bonchev–Trinajstić information content (AvgIpc) is 2.87. The quantitative estimate of drug-likeness (QED) is 0.386. The first-order chi connectivity index (χ1) is 17.3. The summed E-state index contributed by atoms with van der Waals surface area (Å²) in [7, 11) is -2.00. The van der Waals surface area contributed by atoms with E-state index < -0.39 is 10.0 Å². The molecule has 0 atom stereocenters. The number of carbonyl (C=O) groups is 2. The van der Waals surface area contributed by atoms with Crippen molar-refractivity contribution in [1.29, 1.82) is 0 Å². The molecular weight excluding hydrogens is 478 g/mol. The van der Waals surface area contributed by atoms with Crippen LogP contribution in [-0.2, 0) is 21.2 Å². The van der Waals surface area contributed by atoms with E-state index in [1.807, 2.05) is 30.3 Å². The second-order valence-corrected chi connectivity index (χ2v) is 10.1. The van der Waals surface area contributed by atoms with Gasteiger partial charge in [0, 0.05) is 19.5 Å². The van der Waals surface area contributed by atoms with Crippen molar-refractivity contribution >= 4 is 33.2 Å². The molecule has 0 heterocycles. The summed E-state index contributed by atoms with van der Waals surface area (Å²) in [5, 5.41) is 5.67. The van der Waals surface area contributed by atoms with Crippen molar-refractivity contribution in [2.24, 2.45) is 0 Å². The summed E-state index contributed by atoms with van der Waals surface area (Å²) in [6, 6.07) is 23.3. The Balaban J connectivity index is 1.55. The number of para-hydroxylation sites is 1. The van der Waals surface area contributed by atoms with Gasteiger partial charge in [0.2, 0.25) is 15.9 Å². The van der Waals surface area contributed by atoms with Gasteiger partial charge in [-0.3, -0.25) is 13.9 Å². The zero-order valence-corrected chi connectivity index (χ0v) is 21.3. The van der Waals surface area contributed by atoms with Gasteiger partial charge in [-0.05, 0) is 54.8 Å². The first kappa shape index (κ1) is 26.7. The number of amides is 2. The van der Waals surface area contributed by atoms with Crippen LogP contribution in [0.2, 0.25) is 0 Å². The van der Waals surface area contributed by atoms with Gasteiger partial charge in [-0.2, -0.15) is 0 Å². The standard InChI is InChI=1S/C27H31N3O5S/c1-35-23-16-14-22(15-17-23)30(36(2,33)34)20-8-13-26(31)29-25-12-7-6-11-24(25)27(32)28-19-18-21-9-4-3-5-10-21/h3-7,9-12,14-17H,8,13,18-20H2,1-2H3,(H,28,32)(H,29,31). The number of hydrogen-bond donors (Lipinski definition) is 2. The van der Waals surface area contributed by atoms with Crippen molar-refractivity contribution in [2.45, 2.75) is 19.3 Å². The van der Waals surface area contributed by atoms with E-state index in [9.17, 15) is 18.0 Å². The summed E-state index contributed by atoms with van der Waals surface area (Å²) in [6.45, 7) is 0.609. The maximum atomic E-state index is 12.7. The van der Waals surface area contributed by atoms with E-state index >= 15 is 0 Å². The summed E-state index contributed by atoms with van der Waals surface area (Å²) < 4.78 is 31.0. The van der Waals surface area contributed by atoms with E-state index in [0.717, 1.165) is 11.8 Å². The van der Waals surface area contributed by atoms with Gasteiger partial charge in [-0.15, -0.1) is 0 Å². The minimum Gasteiger partial charge on any atom is -0.497 e. The molecule has 2 amide bonds. The van der Waals surface area contributed by atoms with Crippen molar-refractivity contribution in [2.75, 3.05) is 36.1 Å². The first-order valence-electron chi connectivity index (χ1n) is 11.6. The van der Waals surface area contributed by atoms with Gasteiger partial charge in [0.25, 0.3) is 5.91 Å². The van der Waals surface area contributed by atoms with Crippen molar-refractivity contribution in [3.63, 3.8) is 0 Å². The SMILES string of the molecule is COc1ccc(N(CCCC(=O)Nc2ccccc2C(=O)NCCc2ccccc2)S(C)(=O)=O)cc1. The van der Waals surface area contributed by atoms with E-state index in [-0.39, 0.29) is 24.8 Å². The highest BCUT2D eigenvalue weighted by Gasteiger charge is 2.18. The van der Waals surface area contributed by atoms with Crippen LogP contribution in [0.3, 0.4) is 0 Å². The van der Waals surface area contributed by atoms with Crippen LogP contribution in [0, 0.1) is 0 Å². The molecule has 0 radical (unpaired) electrons. The maximum absolute atomic E-state index is 12.7. The Morgan fingerprint density at radius 3 is 2.25 bits per heavy atom. The summed E-state index contributed by atoms with van der Waals surface area (Å²) in [5.41, 5.74) is 2.40. The predicted molar refractivity (Wildman–Crippen MR) is 142 cm³/mol. The van der Waals surface area contributed by atoms with Crippen LogP contribution in [0.4, 0.5) is 11.4 Å². The van der Waals surface area contributed by atoms with Gasteiger partial charge in [-0.25, -0.2) is 8.42 Å². The number of hydrogen-bond acceptors (Lipinski definition) is 5. The van der Waals surface area contributed by atoms with E-state index in [1.165, 1.54) is 11.4 Å². The largest absolute Gasteiger partial charge is 0.497 e. The van der Waals surface area contributed by atoms with E-state index in [4.69, 9.17) is 4.74 Å².